The van der Waals surface area contributed by atoms with Crippen LogP contribution in [0.15, 0.2) is 30.3 Å². The number of carbonyl (C=O) groups excluding carboxylic acids is 2. The van der Waals surface area contributed by atoms with Gasteiger partial charge in [0.15, 0.2) is 35.1 Å². The molecule has 6 nitrogen and oxygen atoms in total. The highest BCUT2D eigenvalue weighted by Crippen LogP contribution is 2.28. The molecule has 0 saturated heterocycles. The third kappa shape index (κ3) is 4.73. The molecule has 0 fully saturated rings. The number of hydrogen-bond donors (Lipinski definition) is 1. The Balaban J connectivity index is 2.08. The summed E-state index contributed by atoms with van der Waals surface area (Å²) in [4.78, 5) is 24.3. The predicted octanol–water partition coefficient (Wildman–Crippen LogP) is 3.70. The highest BCUT2D eigenvalue weighted by Gasteiger charge is 2.22. The fourth-order valence-corrected chi connectivity index (χ4v) is 2.21. The smallest absolute Gasteiger partial charge is 0.339 e. The molecule has 0 aliphatic heterocycles. The van der Waals surface area contributed by atoms with Crippen molar-refractivity contribution in [2.24, 2.45) is 0 Å². The molecule has 28 heavy (non-hydrogen) atoms. The zero-order chi connectivity index (χ0) is 20.8. The van der Waals surface area contributed by atoms with Crippen molar-refractivity contribution in [3.05, 3.63) is 53.3 Å². The highest BCUT2D eigenvalue weighted by atomic mass is 19.2. The molecule has 2 aromatic rings. The van der Waals surface area contributed by atoms with Gasteiger partial charge in [-0.3, -0.25) is 4.79 Å². The summed E-state index contributed by atoms with van der Waals surface area (Å²) >= 11 is 0. The van der Waals surface area contributed by atoms with Crippen LogP contribution in [0.3, 0.4) is 0 Å². The molecule has 9 heteroatoms. The summed E-state index contributed by atoms with van der Waals surface area (Å²) in [6.07, 6.45) is -1.34. The molecule has 150 valence electrons. The van der Waals surface area contributed by atoms with Crippen molar-refractivity contribution in [1.82, 2.24) is 0 Å². The van der Waals surface area contributed by atoms with Crippen molar-refractivity contribution in [1.29, 1.82) is 0 Å². The van der Waals surface area contributed by atoms with Gasteiger partial charge >= 0.3 is 5.97 Å². The van der Waals surface area contributed by atoms with E-state index in [-0.39, 0.29) is 5.56 Å². The topological polar surface area (TPSA) is 73.9 Å². The summed E-state index contributed by atoms with van der Waals surface area (Å²) in [6, 6.07) is 5.84. The molecule has 0 unspecified atom stereocenters. The molecule has 0 bridgehead atoms. The van der Waals surface area contributed by atoms with E-state index in [0.717, 1.165) is 6.07 Å². The predicted molar refractivity (Wildman–Crippen MR) is 94.0 cm³/mol. The number of benzene rings is 2. The molecule has 0 aliphatic rings. The Hall–Kier alpha value is -3.23. The molecule has 0 saturated carbocycles. The Labute approximate surface area is 159 Å². The lowest BCUT2D eigenvalue weighted by Crippen LogP contribution is -2.30. The molecule has 0 heterocycles. The summed E-state index contributed by atoms with van der Waals surface area (Å²) < 4.78 is 55.3. The van der Waals surface area contributed by atoms with Gasteiger partial charge in [0.25, 0.3) is 5.91 Å². The number of halogens is 3. The van der Waals surface area contributed by atoms with Gasteiger partial charge in [-0.15, -0.1) is 0 Å². The van der Waals surface area contributed by atoms with E-state index in [1.54, 1.807) is 6.92 Å². The lowest BCUT2D eigenvalue weighted by atomic mass is 10.2. The fourth-order valence-electron chi connectivity index (χ4n) is 2.21. The average Bonchev–Trinajstić information content (AvgIpc) is 2.68. The third-order valence-electron chi connectivity index (χ3n) is 3.65. The van der Waals surface area contributed by atoms with Gasteiger partial charge in [-0.05, 0) is 44.2 Å². The van der Waals surface area contributed by atoms with Crippen molar-refractivity contribution < 1.29 is 37.0 Å². The van der Waals surface area contributed by atoms with E-state index in [4.69, 9.17) is 14.2 Å². The highest BCUT2D eigenvalue weighted by molar-refractivity contribution is 5.97. The molecule has 0 aliphatic carbocycles. The average molecular weight is 397 g/mol. The monoisotopic (exact) mass is 397 g/mol. The van der Waals surface area contributed by atoms with Crippen molar-refractivity contribution in [3.8, 4) is 11.5 Å². The van der Waals surface area contributed by atoms with Gasteiger partial charge in [0, 0.05) is 0 Å². The quantitative estimate of drug-likeness (QED) is 0.570. The Morgan fingerprint density at radius 3 is 2.43 bits per heavy atom. The van der Waals surface area contributed by atoms with Crippen LogP contribution in [-0.2, 0) is 9.53 Å². The van der Waals surface area contributed by atoms with Crippen LogP contribution in [0.1, 0.15) is 24.2 Å². The maximum atomic E-state index is 13.6. The second-order valence-electron chi connectivity index (χ2n) is 5.56. The number of rotatable bonds is 7. The van der Waals surface area contributed by atoms with Crippen molar-refractivity contribution in [2.75, 3.05) is 19.0 Å². The Morgan fingerprint density at radius 2 is 1.79 bits per heavy atom. The number of nitrogens with one attached hydrogen (secondary N) is 1. The molecule has 0 radical (unpaired) electrons. The first-order chi connectivity index (χ1) is 13.3. The van der Waals surface area contributed by atoms with E-state index in [0.29, 0.717) is 24.2 Å². The van der Waals surface area contributed by atoms with Gasteiger partial charge in [-0.2, -0.15) is 0 Å². The standard InChI is InChI=1S/C19H18F3NO5/c1-4-27-15-9-11(5-8-14(15)26-3)19(25)28-10(2)18(24)23-13-7-6-12(20)16(21)17(13)22/h5-10H,4H2,1-3H3,(H,23,24)/t10-/m0/s1. The van der Waals surface area contributed by atoms with Crippen molar-refractivity contribution in [2.45, 2.75) is 20.0 Å². The maximum absolute atomic E-state index is 13.6. The first kappa shape index (κ1) is 21.1. The Kier molecular flexibility index (Phi) is 6.86. The SMILES string of the molecule is CCOc1cc(C(=O)O[C@@H](C)C(=O)Nc2ccc(F)c(F)c2F)ccc1OC. The van der Waals surface area contributed by atoms with Crippen molar-refractivity contribution in [3.63, 3.8) is 0 Å². The molecular weight excluding hydrogens is 379 g/mol. The molecule has 0 spiro atoms. The number of amides is 1. The zero-order valence-electron chi connectivity index (χ0n) is 15.3. The van der Waals surface area contributed by atoms with Crippen LogP contribution < -0.4 is 14.8 Å². The Morgan fingerprint density at radius 1 is 1.07 bits per heavy atom. The van der Waals surface area contributed by atoms with Gasteiger partial charge in [0.1, 0.15) is 0 Å². The molecule has 1 atom stereocenters. The molecule has 1 N–H and O–H groups in total. The lowest BCUT2D eigenvalue weighted by molar-refractivity contribution is -0.123. The van der Waals surface area contributed by atoms with E-state index in [1.165, 1.54) is 32.2 Å². The first-order valence-electron chi connectivity index (χ1n) is 8.24. The molecule has 1 amide bonds. The lowest BCUT2D eigenvalue weighted by Gasteiger charge is -2.15. The van der Waals surface area contributed by atoms with E-state index >= 15 is 0 Å². The number of hydrogen-bond acceptors (Lipinski definition) is 5. The van der Waals surface area contributed by atoms with Crippen LogP contribution in [-0.4, -0.2) is 31.7 Å². The van der Waals surface area contributed by atoms with Crippen molar-refractivity contribution >= 4 is 17.6 Å². The molecular formula is C19H18F3NO5. The second kappa shape index (κ2) is 9.12. The molecule has 2 aromatic carbocycles. The van der Waals surface area contributed by atoms with E-state index in [2.05, 4.69) is 0 Å². The van der Waals surface area contributed by atoms with Gasteiger partial charge in [0.05, 0.1) is 25.0 Å². The summed E-state index contributed by atoms with van der Waals surface area (Å²) in [5.74, 6) is -5.68. The minimum Gasteiger partial charge on any atom is -0.493 e. The van der Waals surface area contributed by atoms with E-state index in [9.17, 15) is 22.8 Å². The van der Waals surface area contributed by atoms with Crippen LogP contribution in [0.4, 0.5) is 18.9 Å². The van der Waals surface area contributed by atoms with Crippen LogP contribution in [0, 0.1) is 17.5 Å². The normalized spacial score (nSPS) is 11.5. The summed E-state index contributed by atoms with van der Waals surface area (Å²) in [5, 5.41) is 2.04. The summed E-state index contributed by atoms with van der Waals surface area (Å²) in [5.41, 5.74) is -0.474. The zero-order valence-corrected chi connectivity index (χ0v) is 15.3. The number of carbonyl (C=O) groups is 2. The maximum Gasteiger partial charge on any atom is 0.339 e. The van der Waals surface area contributed by atoms with Crippen LogP contribution in [0.5, 0.6) is 11.5 Å². The van der Waals surface area contributed by atoms with Crippen LogP contribution >= 0.6 is 0 Å². The second-order valence-corrected chi connectivity index (χ2v) is 5.56. The number of esters is 1. The van der Waals surface area contributed by atoms with E-state index < -0.39 is 41.1 Å². The Bertz CT molecular complexity index is 888. The van der Waals surface area contributed by atoms with Gasteiger partial charge in [-0.1, -0.05) is 0 Å². The summed E-state index contributed by atoms with van der Waals surface area (Å²) in [6.45, 7) is 3.35. The number of anilines is 1. The van der Waals surface area contributed by atoms with Gasteiger partial charge in [-0.25, -0.2) is 18.0 Å². The van der Waals surface area contributed by atoms with E-state index in [1.807, 2.05) is 5.32 Å². The summed E-state index contributed by atoms with van der Waals surface area (Å²) in [7, 11) is 1.44. The fraction of sp³-hybridized carbons (Fsp3) is 0.263. The minimum atomic E-state index is -1.72. The first-order valence-corrected chi connectivity index (χ1v) is 8.24. The largest absolute Gasteiger partial charge is 0.493 e. The molecule has 0 aromatic heterocycles. The molecule has 2 rings (SSSR count). The van der Waals surface area contributed by atoms with Crippen LogP contribution in [0.2, 0.25) is 0 Å². The van der Waals surface area contributed by atoms with Gasteiger partial charge in [0.2, 0.25) is 0 Å². The number of methoxy groups -OCH3 is 1. The van der Waals surface area contributed by atoms with Crippen LogP contribution in [0.25, 0.3) is 0 Å². The van der Waals surface area contributed by atoms with Gasteiger partial charge < -0.3 is 19.5 Å². The number of ether oxygens (including phenoxy) is 3. The third-order valence-corrected chi connectivity index (χ3v) is 3.65. The minimum absolute atomic E-state index is 0.0999.